The summed E-state index contributed by atoms with van der Waals surface area (Å²) >= 11 is 5.56. The highest BCUT2D eigenvalue weighted by atomic mass is 32.1. The van der Waals surface area contributed by atoms with Gasteiger partial charge in [0.1, 0.15) is 0 Å². The van der Waals surface area contributed by atoms with Gasteiger partial charge in [0.15, 0.2) is 0 Å². The van der Waals surface area contributed by atoms with Gasteiger partial charge in [-0.25, -0.2) is 0 Å². The largest absolute Gasteiger partial charge is 0.310 e. The normalized spacial score (nSPS) is 12.3. The van der Waals surface area contributed by atoms with Gasteiger partial charge in [0, 0.05) is 162 Å². The summed E-state index contributed by atoms with van der Waals surface area (Å²) in [6.07, 6.45) is 0. The van der Waals surface area contributed by atoms with Gasteiger partial charge in [-0.05, 0) is 285 Å². The second kappa shape index (κ2) is 33.9. The smallest absolute Gasteiger partial charge is 0.0726 e. The molecule has 0 saturated carbocycles. The van der Waals surface area contributed by atoms with E-state index in [2.05, 4.69) is 550 Å². The molecule has 0 N–H and O–H groups in total. The SMILES string of the molecule is c1ccc(N(c2cccc(N(c3cccc(-c4ccc5c6ccccc6n(-c6ccccc6)c5c4)c3)c3ccc4sc5ccccc5c4c3)c2)c2ccc3c(c2)C2(c4ccccc4-c4ccccc42)c2ccccc2-3)cc1.c1ccc(N(c2cccc(N(c3cccc(-c4ccc5c6ccccc6n(-c6ccccc6)c5c4)c3)c3ccc4sc5ccccc5c4c3)c2)c2ccc3sc4ccccc4c3c2)cc1. The molecule has 27 aromatic rings. The zero-order valence-electron chi connectivity index (χ0n) is 77.1. The van der Waals surface area contributed by atoms with Crippen molar-refractivity contribution in [3.05, 3.63) is 544 Å². The van der Waals surface area contributed by atoms with Crippen LogP contribution in [0.3, 0.4) is 0 Å². The minimum Gasteiger partial charge on any atom is -0.310 e. The molecule has 0 aliphatic heterocycles. The third-order valence-electron chi connectivity index (χ3n) is 29.1. The molecule has 29 rings (SSSR count). The second-order valence-corrected chi connectivity index (χ2v) is 40.2. The van der Waals surface area contributed by atoms with E-state index in [1.54, 1.807) is 0 Å². The van der Waals surface area contributed by atoms with Gasteiger partial charge in [-0.2, -0.15) is 0 Å². The lowest BCUT2D eigenvalue weighted by Crippen LogP contribution is -2.26. The number of para-hydroxylation sites is 6. The molecule has 5 heterocycles. The monoisotopic (exact) mass is 1860 g/mol. The molecular formula is C133H86N6S3. The third-order valence-corrected chi connectivity index (χ3v) is 32.5. The Morgan fingerprint density at radius 2 is 0.415 bits per heavy atom. The van der Waals surface area contributed by atoms with E-state index in [1.165, 1.54) is 154 Å². The summed E-state index contributed by atoms with van der Waals surface area (Å²) in [4.78, 5) is 9.71. The Kier molecular flexibility index (Phi) is 19.7. The fourth-order valence-electron chi connectivity index (χ4n) is 22.9. The van der Waals surface area contributed by atoms with E-state index in [0.717, 1.165) is 96.3 Å². The molecule has 1 spiro atoms. The van der Waals surface area contributed by atoms with Crippen LogP contribution in [0.4, 0.5) is 68.2 Å². The number of benzene rings is 22. The maximum atomic E-state index is 2.48. The van der Waals surface area contributed by atoms with Crippen LogP contribution in [0.5, 0.6) is 0 Å². The maximum absolute atomic E-state index is 2.48. The van der Waals surface area contributed by atoms with Crippen molar-refractivity contribution >= 4 is 206 Å². The lowest BCUT2D eigenvalue weighted by molar-refractivity contribution is 0.793. The molecule has 9 heteroatoms. The highest BCUT2D eigenvalue weighted by Gasteiger charge is 2.52. The number of aromatic nitrogens is 2. The summed E-state index contributed by atoms with van der Waals surface area (Å²) in [6, 6.07) is 192. The quantitative estimate of drug-likeness (QED) is 0.0962. The molecule has 0 atom stereocenters. The van der Waals surface area contributed by atoms with Crippen LogP contribution >= 0.6 is 34.0 Å². The molecule has 0 fully saturated rings. The van der Waals surface area contributed by atoms with Crippen molar-refractivity contribution in [1.82, 2.24) is 9.13 Å². The highest BCUT2D eigenvalue weighted by molar-refractivity contribution is 7.26. The van der Waals surface area contributed by atoms with Crippen LogP contribution in [-0.2, 0) is 5.41 Å². The van der Waals surface area contributed by atoms with Crippen LogP contribution in [-0.4, -0.2) is 9.13 Å². The molecule has 0 amide bonds. The van der Waals surface area contributed by atoms with E-state index in [1.807, 2.05) is 34.0 Å². The summed E-state index contributed by atoms with van der Waals surface area (Å²) < 4.78 is 12.5. The van der Waals surface area contributed by atoms with E-state index < -0.39 is 5.41 Å². The number of nitrogens with zero attached hydrogens (tertiary/aromatic N) is 6. The van der Waals surface area contributed by atoms with Crippen LogP contribution in [0.25, 0.3) is 160 Å². The number of fused-ring (bicyclic) bond motifs is 25. The van der Waals surface area contributed by atoms with Crippen LogP contribution in [0.1, 0.15) is 22.3 Å². The van der Waals surface area contributed by atoms with Crippen molar-refractivity contribution in [3.8, 4) is 55.9 Å². The summed E-state index contributed by atoms with van der Waals surface area (Å²) in [5.41, 5.74) is 34.8. The molecule has 666 valence electrons. The van der Waals surface area contributed by atoms with Gasteiger partial charge in [-0.15, -0.1) is 34.0 Å². The Balaban J connectivity index is 0.000000141. The number of thiophene rings is 3. The number of anilines is 12. The number of rotatable bonds is 16. The van der Waals surface area contributed by atoms with Crippen LogP contribution in [0.15, 0.2) is 522 Å². The van der Waals surface area contributed by atoms with Crippen molar-refractivity contribution in [2.45, 2.75) is 5.41 Å². The molecular weight excluding hydrogens is 1780 g/mol. The first kappa shape index (κ1) is 82.6. The van der Waals surface area contributed by atoms with Gasteiger partial charge in [0.05, 0.1) is 27.5 Å². The predicted octanol–water partition coefficient (Wildman–Crippen LogP) is 38.2. The first-order chi connectivity index (χ1) is 70.4. The van der Waals surface area contributed by atoms with Crippen molar-refractivity contribution in [1.29, 1.82) is 0 Å². The molecule has 6 nitrogen and oxygen atoms in total. The molecule has 2 aliphatic carbocycles. The molecule has 0 radical (unpaired) electrons. The Morgan fingerprint density at radius 1 is 0.148 bits per heavy atom. The van der Waals surface area contributed by atoms with E-state index in [0.29, 0.717) is 0 Å². The van der Waals surface area contributed by atoms with E-state index >= 15 is 0 Å². The van der Waals surface area contributed by atoms with Gasteiger partial charge >= 0.3 is 0 Å². The lowest BCUT2D eigenvalue weighted by atomic mass is 9.70. The van der Waals surface area contributed by atoms with Crippen LogP contribution < -0.4 is 19.6 Å². The topological polar surface area (TPSA) is 22.8 Å². The average molecular weight is 1860 g/mol. The first-order valence-corrected chi connectivity index (χ1v) is 50.9. The summed E-state index contributed by atoms with van der Waals surface area (Å²) in [5, 5.41) is 12.6. The molecule has 2 aliphatic rings. The third kappa shape index (κ3) is 13.6. The molecule has 22 aromatic carbocycles. The minimum atomic E-state index is -0.464. The van der Waals surface area contributed by atoms with Gasteiger partial charge in [-0.1, -0.05) is 303 Å². The molecule has 0 unspecified atom stereocenters. The zero-order valence-corrected chi connectivity index (χ0v) is 79.5. The predicted molar refractivity (Wildman–Crippen MR) is 606 cm³/mol. The van der Waals surface area contributed by atoms with Gasteiger partial charge in [0.2, 0.25) is 0 Å². The Bertz CT molecular complexity index is 9620. The summed E-state index contributed by atoms with van der Waals surface area (Å²) in [7, 11) is 0. The summed E-state index contributed by atoms with van der Waals surface area (Å²) in [5.74, 6) is 0. The Morgan fingerprint density at radius 3 is 0.810 bits per heavy atom. The standard InChI is InChI=1S/C73H47N3S.C60H39N3S2/c1-3-20-50(21-4-1)74(56-38-41-60-59-29-9-14-34-67(59)73(68(60)47-56)65-32-12-7-27-57(65)58-28-8-13-33-66(58)73)53-25-18-26-54(45-53)75(55-39-42-72-64(46-55)63-31-11-16-36-71(63)77-72)52-24-17-19-48(43-52)49-37-40-62-61-30-10-15-35-69(61)76(70(62)44-49)51-22-5-2-6-23-51;1-3-16-42(17-4-1)61(47-30-33-59-53(38-47)51-24-8-11-27-57(51)64-59)45-21-14-22-46(37-45)62(48-31-34-60-54(39-48)52-25-9-12-28-58(52)65-60)44-20-13-15-40(35-44)41-29-32-50-49-23-7-10-26-55(49)63(56(50)36-41)43-18-5-2-6-19-43/h1-47H;1-39H. The minimum absolute atomic E-state index is 0.464. The fraction of sp³-hybridized carbons (Fsp3) is 0.00752. The highest BCUT2D eigenvalue weighted by Crippen LogP contribution is 2.64. The average Bonchev–Trinajstić information content (AvgIpc) is 1.50. The Labute approximate surface area is 833 Å². The van der Waals surface area contributed by atoms with Crippen molar-refractivity contribution in [2.24, 2.45) is 0 Å². The van der Waals surface area contributed by atoms with Gasteiger partial charge in [-0.3, -0.25) is 0 Å². The van der Waals surface area contributed by atoms with E-state index in [-0.39, 0.29) is 0 Å². The van der Waals surface area contributed by atoms with E-state index in [9.17, 15) is 0 Å². The Hall–Kier alpha value is -17.7. The molecule has 0 saturated heterocycles. The van der Waals surface area contributed by atoms with E-state index in [4.69, 9.17) is 0 Å². The second-order valence-electron chi connectivity index (χ2n) is 36.9. The van der Waals surface area contributed by atoms with Crippen molar-refractivity contribution < 1.29 is 0 Å². The maximum Gasteiger partial charge on any atom is 0.0726 e. The number of hydrogen-bond acceptors (Lipinski definition) is 7. The molecule has 0 bridgehead atoms. The van der Waals surface area contributed by atoms with Crippen molar-refractivity contribution in [3.63, 3.8) is 0 Å². The van der Waals surface area contributed by atoms with Crippen molar-refractivity contribution in [2.75, 3.05) is 19.6 Å². The summed E-state index contributed by atoms with van der Waals surface area (Å²) in [6.45, 7) is 0. The van der Waals surface area contributed by atoms with Crippen LogP contribution in [0, 0.1) is 0 Å². The van der Waals surface area contributed by atoms with Gasteiger partial charge in [0.25, 0.3) is 0 Å². The first-order valence-electron chi connectivity index (χ1n) is 48.5. The fourth-order valence-corrected chi connectivity index (χ4v) is 26.2. The number of hydrogen-bond donors (Lipinski definition) is 0. The lowest BCUT2D eigenvalue weighted by Gasteiger charge is -2.32. The molecule has 142 heavy (non-hydrogen) atoms. The van der Waals surface area contributed by atoms with Crippen LogP contribution in [0.2, 0.25) is 0 Å². The molecule has 5 aromatic heterocycles. The zero-order chi connectivity index (χ0) is 93.5. The van der Waals surface area contributed by atoms with Gasteiger partial charge < -0.3 is 28.7 Å².